The second kappa shape index (κ2) is 10.0. The third kappa shape index (κ3) is 4.93. The van der Waals surface area contributed by atoms with Gasteiger partial charge >= 0.3 is 5.97 Å². The fraction of sp³-hybridized carbons (Fsp3) is 0.290. The van der Waals surface area contributed by atoms with Gasteiger partial charge in [0.1, 0.15) is 23.8 Å². The zero-order chi connectivity index (χ0) is 28.2. The van der Waals surface area contributed by atoms with Crippen molar-refractivity contribution in [2.75, 3.05) is 0 Å². The molecule has 3 aromatic carbocycles. The van der Waals surface area contributed by atoms with Crippen LogP contribution in [0.1, 0.15) is 77.3 Å². The van der Waals surface area contributed by atoms with E-state index in [0.717, 1.165) is 29.5 Å². The van der Waals surface area contributed by atoms with E-state index in [1.165, 1.54) is 0 Å². The Kier molecular flexibility index (Phi) is 6.34. The number of rotatable bonds is 8. The molecule has 0 radical (unpaired) electrons. The number of carbonyl (C=O) groups is 1. The number of aromatic nitrogens is 1. The number of aryl methyl sites for hydroxylation is 1. The Bertz CT molecular complexity index is 1590. The first-order chi connectivity index (χ1) is 19.1. The van der Waals surface area contributed by atoms with Crippen LogP contribution in [0.4, 0.5) is 0 Å². The van der Waals surface area contributed by atoms with Crippen LogP contribution in [-0.2, 0) is 12.2 Å². The van der Waals surface area contributed by atoms with Crippen molar-refractivity contribution < 1.29 is 25.6 Å². The Hall–Kier alpha value is -3.32. The average Bonchev–Trinajstić information content (AvgIpc) is 3.65. The highest BCUT2D eigenvalue weighted by Crippen LogP contribution is 2.53. The number of aromatic carboxylic acids is 1. The topological polar surface area (TPSA) is 92.8 Å². The van der Waals surface area contributed by atoms with Gasteiger partial charge in [-0.25, -0.2) is 4.79 Å². The lowest BCUT2D eigenvalue weighted by Crippen LogP contribution is -2.40. The minimum absolute atomic E-state index is 0.0232. The van der Waals surface area contributed by atoms with Crippen LogP contribution in [0.15, 0.2) is 65.2 Å². The van der Waals surface area contributed by atoms with Crippen LogP contribution < -0.4 is 4.74 Å². The zero-order valence-corrected chi connectivity index (χ0v) is 22.7. The molecule has 6 nitrogen and oxygen atoms in total. The largest absolute Gasteiger partial charge is 0.489 e. The second-order valence-electron chi connectivity index (χ2n) is 10.5. The third-order valence-electron chi connectivity index (χ3n) is 7.69. The summed E-state index contributed by atoms with van der Waals surface area (Å²) in [5, 5.41) is 25.8. The molecule has 8 heteroatoms. The van der Waals surface area contributed by atoms with Crippen molar-refractivity contribution in [2.24, 2.45) is 0 Å². The van der Waals surface area contributed by atoms with Crippen molar-refractivity contribution in [2.45, 2.75) is 56.6 Å². The fourth-order valence-corrected chi connectivity index (χ4v) is 6.04. The van der Waals surface area contributed by atoms with Gasteiger partial charge in [0, 0.05) is 17.0 Å². The number of benzene rings is 3. The van der Waals surface area contributed by atoms with Gasteiger partial charge in [-0.1, -0.05) is 58.7 Å². The van der Waals surface area contributed by atoms with Crippen molar-refractivity contribution in [1.82, 2.24) is 5.16 Å². The van der Waals surface area contributed by atoms with Gasteiger partial charge in [-0.2, -0.15) is 0 Å². The summed E-state index contributed by atoms with van der Waals surface area (Å²) in [7, 11) is 0. The molecule has 1 heterocycles. The lowest BCUT2D eigenvalue weighted by atomic mass is 9.65. The van der Waals surface area contributed by atoms with E-state index in [1.807, 2.05) is 25.1 Å². The van der Waals surface area contributed by atoms with Gasteiger partial charge in [0.15, 0.2) is 0 Å². The van der Waals surface area contributed by atoms with E-state index in [4.69, 9.17) is 33.8 Å². The van der Waals surface area contributed by atoms with Crippen molar-refractivity contribution in [3.63, 3.8) is 0 Å². The molecule has 1 atom stereocenters. The molecule has 6 rings (SSSR count). The van der Waals surface area contributed by atoms with Crippen LogP contribution in [0.25, 0.3) is 11.3 Å². The number of ether oxygens (including phenoxy) is 1. The monoisotopic (exact) mass is 564 g/mol. The molecule has 4 aromatic rings. The fourth-order valence-electron chi connectivity index (χ4n) is 5.39. The summed E-state index contributed by atoms with van der Waals surface area (Å²) in [4.78, 5) is 11.3. The van der Waals surface area contributed by atoms with Gasteiger partial charge < -0.3 is 19.5 Å². The highest BCUT2D eigenvalue weighted by Gasteiger charge is 2.45. The van der Waals surface area contributed by atoms with Crippen molar-refractivity contribution in [3.05, 3.63) is 104 Å². The average molecular weight is 565 g/mol. The molecule has 2 aliphatic rings. The lowest BCUT2D eigenvalue weighted by molar-refractivity contribution is -0.0549. The van der Waals surface area contributed by atoms with Gasteiger partial charge in [0.2, 0.25) is 0 Å². The number of hydrogen-bond donors (Lipinski definition) is 2. The molecule has 2 N–H and O–H groups in total. The molecular formula is C31H27Cl2NO5. The molecule has 2 fully saturated rings. The van der Waals surface area contributed by atoms with Gasteiger partial charge in [-0.3, -0.25) is 0 Å². The van der Waals surface area contributed by atoms with E-state index in [1.54, 1.807) is 42.5 Å². The summed E-state index contributed by atoms with van der Waals surface area (Å²) in [5.41, 5.74) is 3.25. The highest BCUT2D eigenvalue weighted by molar-refractivity contribution is 6.33. The predicted octanol–water partition coefficient (Wildman–Crippen LogP) is 7.88. The highest BCUT2D eigenvalue weighted by atomic mass is 35.5. The predicted molar refractivity (Wildman–Crippen MR) is 149 cm³/mol. The number of carboxylic acid groups (broad SMARTS) is 1. The van der Waals surface area contributed by atoms with Gasteiger partial charge in [-0.05, 0) is 80.0 Å². The molecule has 1 unspecified atom stereocenters. The quantitative estimate of drug-likeness (QED) is 0.226. The first-order valence-electron chi connectivity index (χ1n) is 13.4. The lowest BCUT2D eigenvalue weighted by Gasteiger charge is -2.44. The number of nitrogens with zero attached hydrogens (tertiary/aromatic N) is 1. The summed E-state index contributed by atoms with van der Waals surface area (Å²) >= 11 is 13.2. The van der Waals surface area contributed by atoms with Gasteiger partial charge in [0.05, 0.1) is 28.1 Å². The van der Waals surface area contributed by atoms with Crippen LogP contribution in [0.5, 0.6) is 5.75 Å². The number of hydrogen-bond acceptors (Lipinski definition) is 5. The number of halogens is 2. The van der Waals surface area contributed by atoms with E-state index in [9.17, 15) is 15.0 Å². The maximum absolute atomic E-state index is 11.3. The summed E-state index contributed by atoms with van der Waals surface area (Å²) in [5.74, 6) is 0.284. The third-order valence-corrected chi connectivity index (χ3v) is 8.32. The molecule has 1 aromatic heterocycles. The molecular weight excluding hydrogens is 537 g/mol. The number of carboxylic acids is 1. The van der Waals surface area contributed by atoms with Crippen LogP contribution in [0, 0.1) is 6.92 Å². The summed E-state index contributed by atoms with van der Waals surface area (Å²) in [6.45, 7) is 0.806. The van der Waals surface area contributed by atoms with E-state index >= 15 is 0 Å². The standard InChI is InChI=1S/C31H27Cl2NO5/c1-17-4-2-7-25(32)27(17)28-23(29(39-34-28)18-8-9-18)16-38-22-10-11-24(26(33)13-22)31(37)14-21(15-31)19-5-3-6-20(12-19)30(35)36/h2-7,10-13,18,21,37H,8-9,14-16H2,1H3,(H,35,36)/i16D. The molecule has 0 spiro atoms. The Morgan fingerprint density at radius 3 is 2.56 bits per heavy atom. The van der Waals surface area contributed by atoms with Crippen molar-refractivity contribution in [1.29, 1.82) is 0 Å². The van der Waals surface area contributed by atoms with Gasteiger partial charge in [0.25, 0.3) is 0 Å². The Labute approximate surface area is 237 Å². The first-order valence-corrected chi connectivity index (χ1v) is 13.6. The normalized spacial score (nSPS) is 21.6. The smallest absolute Gasteiger partial charge is 0.335 e. The molecule has 0 aliphatic heterocycles. The Balaban J connectivity index is 1.22. The Morgan fingerprint density at radius 2 is 1.87 bits per heavy atom. The maximum atomic E-state index is 11.3. The molecule has 2 aliphatic carbocycles. The molecule has 2 saturated carbocycles. The second-order valence-corrected chi connectivity index (χ2v) is 11.3. The minimum atomic E-state index is -1.14. The van der Waals surface area contributed by atoms with E-state index in [0.29, 0.717) is 51.2 Å². The van der Waals surface area contributed by atoms with E-state index < -0.39 is 18.2 Å². The molecule has 39 heavy (non-hydrogen) atoms. The van der Waals surface area contributed by atoms with Crippen molar-refractivity contribution >= 4 is 29.2 Å². The van der Waals surface area contributed by atoms with Crippen LogP contribution in [-0.4, -0.2) is 21.3 Å². The van der Waals surface area contributed by atoms with Crippen LogP contribution in [0.2, 0.25) is 10.0 Å². The van der Waals surface area contributed by atoms with E-state index in [2.05, 4.69) is 5.16 Å². The first kappa shape index (κ1) is 24.7. The SMILES string of the molecule is [2H]C(Oc1ccc(C2(O)CC(c3cccc(C(=O)O)c3)C2)c(Cl)c1)c1c(-c2c(C)cccc2Cl)noc1C1CC1. The summed E-state index contributed by atoms with van der Waals surface area (Å²) in [6, 6.07) is 17.4. The summed E-state index contributed by atoms with van der Waals surface area (Å²) in [6.07, 6.45) is 2.78. The van der Waals surface area contributed by atoms with Gasteiger partial charge in [-0.15, -0.1) is 0 Å². The zero-order valence-electron chi connectivity index (χ0n) is 22.2. The summed E-state index contributed by atoms with van der Waals surface area (Å²) < 4.78 is 20.7. The molecule has 200 valence electrons. The maximum Gasteiger partial charge on any atom is 0.335 e. The number of aliphatic hydroxyl groups is 1. The molecule has 0 saturated heterocycles. The minimum Gasteiger partial charge on any atom is -0.489 e. The molecule has 0 bridgehead atoms. The van der Waals surface area contributed by atoms with E-state index in [-0.39, 0.29) is 17.4 Å². The van der Waals surface area contributed by atoms with Crippen LogP contribution >= 0.6 is 23.2 Å². The molecule has 0 amide bonds. The van der Waals surface area contributed by atoms with Crippen LogP contribution in [0.3, 0.4) is 0 Å². The van der Waals surface area contributed by atoms with Crippen molar-refractivity contribution in [3.8, 4) is 17.0 Å². The Morgan fingerprint density at radius 1 is 1.10 bits per heavy atom.